The van der Waals surface area contributed by atoms with Gasteiger partial charge in [0.1, 0.15) is 0 Å². The van der Waals surface area contributed by atoms with Crippen molar-refractivity contribution in [1.82, 2.24) is 0 Å². The third-order valence-electron chi connectivity index (χ3n) is 5.48. The summed E-state index contributed by atoms with van der Waals surface area (Å²) in [7, 11) is 0. The average Bonchev–Trinajstić information content (AvgIpc) is 2.40. The molecule has 0 rings (SSSR count). The molecule has 4 unspecified atom stereocenters. The molecule has 4 atom stereocenters. The lowest BCUT2D eigenvalue weighted by atomic mass is 9.76. The third-order valence-corrected chi connectivity index (χ3v) is 5.48. The van der Waals surface area contributed by atoms with E-state index in [4.69, 9.17) is 4.74 Å². The van der Waals surface area contributed by atoms with Gasteiger partial charge in [0.05, 0.1) is 12.5 Å². The van der Waals surface area contributed by atoms with Crippen LogP contribution < -0.4 is 0 Å². The Bertz CT molecular complexity index is 397. The van der Waals surface area contributed by atoms with Crippen LogP contribution in [-0.4, -0.2) is 12.6 Å². The molecule has 2 nitrogen and oxygen atoms in total. The van der Waals surface area contributed by atoms with E-state index in [1.165, 1.54) is 6.42 Å². The van der Waals surface area contributed by atoms with E-state index in [1.807, 2.05) is 0 Å². The second-order valence-electron chi connectivity index (χ2n) is 11.6. The second-order valence-corrected chi connectivity index (χ2v) is 11.6. The Morgan fingerprint density at radius 2 is 1.27 bits per heavy atom. The van der Waals surface area contributed by atoms with E-state index in [1.54, 1.807) is 0 Å². The maximum atomic E-state index is 12.9. The predicted molar refractivity (Wildman–Crippen MR) is 114 cm³/mol. The van der Waals surface area contributed by atoms with E-state index in [0.29, 0.717) is 35.7 Å². The van der Waals surface area contributed by atoms with Crippen LogP contribution in [0.1, 0.15) is 102 Å². The highest BCUT2D eigenvalue weighted by Crippen LogP contribution is 2.34. The van der Waals surface area contributed by atoms with Crippen LogP contribution in [0.25, 0.3) is 0 Å². The van der Waals surface area contributed by atoms with Gasteiger partial charge in [-0.25, -0.2) is 0 Å². The Morgan fingerprint density at radius 1 is 0.769 bits per heavy atom. The van der Waals surface area contributed by atoms with Crippen LogP contribution >= 0.6 is 0 Å². The smallest absolute Gasteiger partial charge is 0.309 e. The topological polar surface area (TPSA) is 26.3 Å². The zero-order valence-electron chi connectivity index (χ0n) is 19.7. The molecule has 0 fully saturated rings. The van der Waals surface area contributed by atoms with E-state index in [2.05, 4.69) is 76.2 Å². The summed E-state index contributed by atoms with van der Waals surface area (Å²) in [4.78, 5) is 12.9. The highest BCUT2D eigenvalue weighted by Gasteiger charge is 2.30. The Balaban J connectivity index is 4.91. The van der Waals surface area contributed by atoms with Crippen LogP contribution in [-0.2, 0) is 9.53 Å². The molecule has 0 saturated heterocycles. The quantitative estimate of drug-likeness (QED) is 0.376. The fourth-order valence-corrected chi connectivity index (χ4v) is 3.87. The SMILES string of the molecule is CC(CCC(C(=O)OCC(C)C(C)C)C(C)CC(C)(C)C)CC(C)(C)C. The first-order valence-corrected chi connectivity index (χ1v) is 10.8. The standard InChI is InChI=1S/C24H48O2/c1-17(2)20(5)16-26-22(25)21(19(4)15-24(9,10)11)13-12-18(3)14-23(6,7)8/h17-21H,12-16H2,1-11H3. The van der Waals surface area contributed by atoms with Crippen molar-refractivity contribution in [3.8, 4) is 0 Å². The molecule has 2 heteroatoms. The van der Waals surface area contributed by atoms with E-state index < -0.39 is 0 Å². The summed E-state index contributed by atoms with van der Waals surface area (Å²) in [6, 6.07) is 0. The number of rotatable bonds is 10. The lowest BCUT2D eigenvalue weighted by Gasteiger charge is -2.30. The molecule has 0 bridgehead atoms. The summed E-state index contributed by atoms with van der Waals surface area (Å²) in [5, 5.41) is 0. The van der Waals surface area contributed by atoms with Crippen molar-refractivity contribution in [2.24, 2.45) is 40.4 Å². The Labute approximate surface area is 164 Å². The number of hydrogen-bond donors (Lipinski definition) is 0. The largest absolute Gasteiger partial charge is 0.465 e. The molecule has 0 saturated carbocycles. The normalized spacial score (nSPS) is 17.7. The van der Waals surface area contributed by atoms with Gasteiger partial charge in [0.15, 0.2) is 0 Å². The molecule has 0 aromatic carbocycles. The highest BCUT2D eigenvalue weighted by molar-refractivity contribution is 5.72. The van der Waals surface area contributed by atoms with Crippen molar-refractivity contribution < 1.29 is 9.53 Å². The van der Waals surface area contributed by atoms with Crippen molar-refractivity contribution in [1.29, 1.82) is 0 Å². The van der Waals surface area contributed by atoms with Crippen LogP contribution in [0, 0.1) is 40.4 Å². The van der Waals surface area contributed by atoms with E-state index in [0.717, 1.165) is 19.3 Å². The fourth-order valence-electron chi connectivity index (χ4n) is 3.87. The number of ether oxygens (including phenoxy) is 1. The second kappa shape index (κ2) is 10.7. The highest BCUT2D eigenvalue weighted by atomic mass is 16.5. The molecule has 0 heterocycles. The third kappa shape index (κ3) is 12.0. The zero-order chi connectivity index (χ0) is 20.7. The van der Waals surface area contributed by atoms with Crippen LogP contribution in [0.2, 0.25) is 0 Å². The monoisotopic (exact) mass is 368 g/mol. The summed E-state index contributed by atoms with van der Waals surface area (Å²) in [5.41, 5.74) is 0.583. The molecule has 0 aromatic rings. The minimum Gasteiger partial charge on any atom is -0.465 e. The van der Waals surface area contributed by atoms with Gasteiger partial charge in [0, 0.05) is 0 Å². The van der Waals surface area contributed by atoms with Crippen LogP contribution in [0.3, 0.4) is 0 Å². The van der Waals surface area contributed by atoms with Gasteiger partial charge in [-0.05, 0) is 60.2 Å². The number of carbonyl (C=O) groups is 1. The molecule has 0 aromatic heterocycles. The number of esters is 1. The molecule has 26 heavy (non-hydrogen) atoms. The van der Waals surface area contributed by atoms with E-state index in [9.17, 15) is 4.79 Å². The molecule has 0 radical (unpaired) electrons. The summed E-state index contributed by atoms with van der Waals surface area (Å²) in [5.74, 6) is 2.01. The lowest BCUT2D eigenvalue weighted by Crippen LogP contribution is -2.29. The lowest BCUT2D eigenvalue weighted by molar-refractivity contribution is -0.152. The summed E-state index contributed by atoms with van der Waals surface area (Å²) >= 11 is 0. The average molecular weight is 369 g/mol. The van der Waals surface area contributed by atoms with Gasteiger partial charge in [-0.3, -0.25) is 4.79 Å². The Morgan fingerprint density at radius 3 is 1.69 bits per heavy atom. The van der Waals surface area contributed by atoms with E-state index in [-0.39, 0.29) is 17.3 Å². The maximum absolute atomic E-state index is 12.9. The van der Waals surface area contributed by atoms with Crippen molar-refractivity contribution in [2.75, 3.05) is 6.61 Å². The van der Waals surface area contributed by atoms with Gasteiger partial charge in [0.25, 0.3) is 0 Å². The number of carbonyl (C=O) groups excluding carboxylic acids is 1. The van der Waals surface area contributed by atoms with Crippen LogP contribution in [0.4, 0.5) is 0 Å². The first-order valence-electron chi connectivity index (χ1n) is 10.8. The Kier molecular flexibility index (Phi) is 10.5. The van der Waals surface area contributed by atoms with Crippen LogP contribution in [0.5, 0.6) is 0 Å². The van der Waals surface area contributed by atoms with Gasteiger partial charge in [-0.1, -0.05) is 76.2 Å². The minimum atomic E-state index is 0.0241. The summed E-state index contributed by atoms with van der Waals surface area (Å²) in [6.07, 6.45) is 4.31. The molecular formula is C24H48O2. The minimum absolute atomic E-state index is 0.0241. The number of hydrogen-bond acceptors (Lipinski definition) is 2. The first kappa shape index (κ1) is 25.5. The van der Waals surface area contributed by atoms with Crippen molar-refractivity contribution >= 4 is 5.97 Å². The summed E-state index contributed by atoms with van der Waals surface area (Å²) < 4.78 is 5.76. The molecule has 156 valence electrons. The Hall–Kier alpha value is -0.530. The maximum Gasteiger partial charge on any atom is 0.309 e. The van der Waals surface area contributed by atoms with Gasteiger partial charge in [-0.15, -0.1) is 0 Å². The van der Waals surface area contributed by atoms with Gasteiger partial charge in [-0.2, -0.15) is 0 Å². The molecule has 0 aliphatic rings. The zero-order valence-corrected chi connectivity index (χ0v) is 19.7. The molecule has 0 spiro atoms. The summed E-state index contributed by atoms with van der Waals surface area (Å²) in [6.45, 7) is 25.3. The van der Waals surface area contributed by atoms with Gasteiger partial charge >= 0.3 is 5.97 Å². The molecular weight excluding hydrogens is 320 g/mol. The molecule has 0 N–H and O–H groups in total. The molecule has 0 aliphatic heterocycles. The van der Waals surface area contributed by atoms with Crippen molar-refractivity contribution in [3.63, 3.8) is 0 Å². The van der Waals surface area contributed by atoms with Gasteiger partial charge < -0.3 is 4.74 Å². The van der Waals surface area contributed by atoms with Crippen molar-refractivity contribution in [2.45, 2.75) is 102 Å². The van der Waals surface area contributed by atoms with Crippen LogP contribution in [0.15, 0.2) is 0 Å². The predicted octanol–water partition coefficient (Wildman–Crippen LogP) is 7.36. The van der Waals surface area contributed by atoms with Crippen molar-refractivity contribution in [3.05, 3.63) is 0 Å². The van der Waals surface area contributed by atoms with Gasteiger partial charge in [0.2, 0.25) is 0 Å². The first-order chi connectivity index (χ1) is 11.6. The molecule has 0 aliphatic carbocycles. The van der Waals surface area contributed by atoms with E-state index >= 15 is 0 Å². The molecule has 0 amide bonds. The fraction of sp³-hybridized carbons (Fsp3) is 0.958.